The highest BCUT2D eigenvalue weighted by atomic mass is 79.9. The molecule has 0 aromatic heterocycles. The third-order valence-corrected chi connectivity index (χ3v) is 4.28. The van der Waals surface area contributed by atoms with Crippen LogP contribution in [0.25, 0.3) is 0 Å². The first-order valence-electron chi connectivity index (χ1n) is 6.43. The zero-order valence-electron chi connectivity index (χ0n) is 11.2. The number of hydrogen-bond acceptors (Lipinski definition) is 2. The Labute approximate surface area is 126 Å². The first-order chi connectivity index (χ1) is 9.54. The minimum Gasteiger partial charge on any atom is -0.388 e. The Balaban J connectivity index is 2.36. The van der Waals surface area contributed by atoms with Gasteiger partial charge < -0.3 is 10.8 Å². The van der Waals surface area contributed by atoms with E-state index in [0.29, 0.717) is 5.56 Å². The van der Waals surface area contributed by atoms with Crippen LogP contribution in [0, 0.1) is 12.7 Å². The molecule has 0 aliphatic rings. The molecule has 0 spiro atoms. The molecule has 3 N–H and O–H groups in total. The van der Waals surface area contributed by atoms with E-state index in [9.17, 15) is 9.50 Å². The third kappa shape index (κ3) is 3.08. The van der Waals surface area contributed by atoms with Crippen LogP contribution in [0.4, 0.5) is 4.39 Å². The summed E-state index contributed by atoms with van der Waals surface area (Å²) in [5, 5.41) is 10.5. The molecule has 2 atom stereocenters. The molecule has 2 aromatic carbocycles. The average molecular weight is 338 g/mol. The van der Waals surface area contributed by atoms with Gasteiger partial charge in [0.15, 0.2) is 0 Å². The third-order valence-electron chi connectivity index (χ3n) is 3.44. The van der Waals surface area contributed by atoms with Gasteiger partial charge in [-0.3, -0.25) is 0 Å². The molecule has 0 heterocycles. The number of nitrogens with two attached hydrogens (primary N) is 1. The van der Waals surface area contributed by atoms with Gasteiger partial charge in [0.1, 0.15) is 5.82 Å². The summed E-state index contributed by atoms with van der Waals surface area (Å²) in [6, 6.07) is 12.5. The van der Waals surface area contributed by atoms with Crippen molar-refractivity contribution in [3.05, 3.63) is 69.4 Å². The van der Waals surface area contributed by atoms with Gasteiger partial charge in [-0.1, -0.05) is 42.0 Å². The number of benzene rings is 2. The molecule has 106 valence electrons. The van der Waals surface area contributed by atoms with Crippen LogP contribution in [0.15, 0.2) is 46.9 Å². The predicted molar refractivity (Wildman–Crippen MR) is 82.0 cm³/mol. The van der Waals surface area contributed by atoms with Crippen molar-refractivity contribution in [3.63, 3.8) is 0 Å². The minimum absolute atomic E-state index is 0.270. The van der Waals surface area contributed by atoms with Gasteiger partial charge in [-0.05, 0) is 40.0 Å². The molecule has 0 aliphatic heterocycles. The lowest BCUT2D eigenvalue weighted by Gasteiger charge is -2.23. The van der Waals surface area contributed by atoms with Crippen LogP contribution >= 0.6 is 15.9 Å². The molecule has 0 amide bonds. The Morgan fingerprint density at radius 3 is 2.45 bits per heavy atom. The fourth-order valence-corrected chi connectivity index (χ4v) is 2.73. The predicted octanol–water partition coefficient (Wildman–Crippen LogP) is 3.67. The molecule has 0 saturated carbocycles. The van der Waals surface area contributed by atoms with Gasteiger partial charge in [0, 0.05) is 12.5 Å². The van der Waals surface area contributed by atoms with E-state index in [4.69, 9.17) is 5.73 Å². The summed E-state index contributed by atoms with van der Waals surface area (Å²) in [6.45, 7) is 2.29. The first kappa shape index (κ1) is 15.2. The minimum atomic E-state index is -0.854. The second-order valence-corrected chi connectivity index (χ2v) is 5.63. The fraction of sp³-hybridized carbons (Fsp3) is 0.250. The van der Waals surface area contributed by atoms with Crippen LogP contribution in [0.5, 0.6) is 0 Å². The Morgan fingerprint density at radius 2 is 1.85 bits per heavy atom. The first-order valence-corrected chi connectivity index (χ1v) is 7.22. The molecule has 20 heavy (non-hydrogen) atoms. The molecule has 2 rings (SSSR count). The van der Waals surface area contributed by atoms with E-state index < -0.39 is 6.10 Å². The molecular formula is C16H17BrFNO. The maximum absolute atomic E-state index is 13.6. The lowest BCUT2D eigenvalue weighted by atomic mass is 9.89. The van der Waals surface area contributed by atoms with E-state index in [1.165, 1.54) is 6.07 Å². The van der Waals surface area contributed by atoms with E-state index >= 15 is 0 Å². The van der Waals surface area contributed by atoms with Crippen molar-refractivity contribution in [3.8, 4) is 0 Å². The maximum Gasteiger partial charge on any atom is 0.137 e. The summed E-state index contributed by atoms with van der Waals surface area (Å²) in [6.07, 6.45) is -0.854. The molecule has 0 radical (unpaired) electrons. The highest BCUT2D eigenvalue weighted by Crippen LogP contribution is 2.35. The zero-order chi connectivity index (χ0) is 14.7. The number of rotatable bonds is 4. The summed E-state index contributed by atoms with van der Waals surface area (Å²) in [5.74, 6) is -0.657. The van der Waals surface area contributed by atoms with Crippen molar-refractivity contribution < 1.29 is 9.50 Å². The van der Waals surface area contributed by atoms with Crippen molar-refractivity contribution in [2.45, 2.75) is 18.9 Å². The van der Waals surface area contributed by atoms with Gasteiger partial charge in [-0.15, -0.1) is 0 Å². The lowest BCUT2D eigenvalue weighted by molar-refractivity contribution is 0.146. The quantitative estimate of drug-likeness (QED) is 0.893. The van der Waals surface area contributed by atoms with Crippen LogP contribution < -0.4 is 5.73 Å². The number of aliphatic hydroxyl groups is 1. The monoisotopic (exact) mass is 337 g/mol. The van der Waals surface area contributed by atoms with Gasteiger partial charge in [-0.2, -0.15) is 0 Å². The van der Waals surface area contributed by atoms with E-state index in [0.717, 1.165) is 11.1 Å². The van der Waals surface area contributed by atoms with E-state index in [2.05, 4.69) is 15.9 Å². The van der Waals surface area contributed by atoms with Crippen molar-refractivity contribution in [2.24, 2.45) is 5.73 Å². The Morgan fingerprint density at radius 1 is 1.20 bits per heavy atom. The molecular weight excluding hydrogens is 321 g/mol. The van der Waals surface area contributed by atoms with Crippen molar-refractivity contribution in [1.82, 2.24) is 0 Å². The average Bonchev–Trinajstić information content (AvgIpc) is 2.44. The highest BCUT2D eigenvalue weighted by molar-refractivity contribution is 9.10. The molecule has 0 aliphatic carbocycles. The van der Waals surface area contributed by atoms with Crippen LogP contribution in [-0.4, -0.2) is 11.7 Å². The van der Waals surface area contributed by atoms with Crippen molar-refractivity contribution in [1.29, 1.82) is 0 Å². The highest BCUT2D eigenvalue weighted by Gasteiger charge is 2.24. The van der Waals surface area contributed by atoms with Crippen LogP contribution in [0.3, 0.4) is 0 Å². The van der Waals surface area contributed by atoms with Gasteiger partial charge in [0.25, 0.3) is 0 Å². The summed E-state index contributed by atoms with van der Waals surface area (Å²) in [5.41, 5.74) is 8.41. The normalized spacial score (nSPS) is 14.1. The smallest absolute Gasteiger partial charge is 0.137 e. The molecule has 0 fully saturated rings. The molecule has 2 unspecified atom stereocenters. The standard InChI is InChI=1S/C16H17BrFNO/c1-10-5-7-11(8-6-10)13(9-19)16(20)12-3-2-4-14(18)15(12)17/h2-8,13,16,20H,9,19H2,1H3. The summed E-state index contributed by atoms with van der Waals surface area (Å²) >= 11 is 3.19. The number of hydrogen-bond donors (Lipinski definition) is 2. The zero-order valence-corrected chi connectivity index (χ0v) is 12.8. The second-order valence-electron chi connectivity index (χ2n) is 4.84. The number of halogens is 2. The van der Waals surface area contributed by atoms with Gasteiger partial charge in [0.2, 0.25) is 0 Å². The maximum atomic E-state index is 13.6. The number of aryl methyl sites for hydroxylation is 1. The van der Waals surface area contributed by atoms with Crippen molar-refractivity contribution in [2.75, 3.05) is 6.54 Å². The molecule has 0 bridgehead atoms. The Kier molecular flexibility index (Phi) is 4.91. The summed E-state index contributed by atoms with van der Waals surface area (Å²) in [7, 11) is 0. The van der Waals surface area contributed by atoms with E-state index in [1.54, 1.807) is 12.1 Å². The van der Waals surface area contributed by atoms with E-state index in [-0.39, 0.29) is 22.8 Å². The SMILES string of the molecule is Cc1ccc(C(CN)C(O)c2cccc(F)c2Br)cc1. The van der Waals surface area contributed by atoms with Gasteiger partial charge in [0.05, 0.1) is 10.6 Å². The molecule has 2 aromatic rings. The summed E-state index contributed by atoms with van der Waals surface area (Å²) < 4.78 is 13.9. The largest absolute Gasteiger partial charge is 0.388 e. The van der Waals surface area contributed by atoms with Crippen LogP contribution in [0.1, 0.15) is 28.7 Å². The van der Waals surface area contributed by atoms with Crippen molar-refractivity contribution >= 4 is 15.9 Å². The van der Waals surface area contributed by atoms with Crippen LogP contribution in [0.2, 0.25) is 0 Å². The molecule has 0 saturated heterocycles. The summed E-state index contributed by atoms with van der Waals surface area (Å²) in [4.78, 5) is 0. The number of aliphatic hydroxyl groups excluding tert-OH is 1. The topological polar surface area (TPSA) is 46.2 Å². The van der Waals surface area contributed by atoms with Crippen LogP contribution in [-0.2, 0) is 0 Å². The lowest BCUT2D eigenvalue weighted by Crippen LogP contribution is -2.20. The Bertz CT molecular complexity index is 586. The second kappa shape index (κ2) is 6.48. The Hall–Kier alpha value is -1.23. The van der Waals surface area contributed by atoms with E-state index in [1.807, 2.05) is 31.2 Å². The fourth-order valence-electron chi connectivity index (χ4n) is 2.23. The molecule has 2 nitrogen and oxygen atoms in total. The van der Waals surface area contributed by atoms with Gasteiger partial charge in [-0.25, -0.2) is 4.39 Å². The molecule has 4 heteroatoms. The van der Waals surface area contributed by atoms with Gasteiger partial charge >= 0.3 is 0 Å².